The van der Waals surface area contributed by atoms with Gasteiger partial charge in [-0.25, -0.2) is 0 Å². The molecule has 39 heavy (non-hydrogen) atoms. The van der Waals surface area contributed by atoms with Crippen LogP contribution in [0.25, 0.3) is 0 Å². The highest BCUT2D eigenvalue weighted by Gasteiger charge is 2.29. The predicted octanol–water partition coefficient (Wildman–Crippen LogP) is 7.15. The number of methoxy groups -OCH3 is 1. The van der Waals surface area contributed by atoms with Gasteiger partial charge in [-0.15, -0.1) is 0 Å². The number of hydrogen-bond acceptors (Lipinski definition) is 5. The SMILES string of the molecule is CCC(CCN1c2ccc(C(=O)N(CC)CC)cc2Oc2c(OC)cccc21)N(CC)CCc1ccccc1. The van der Waals surface area contributed by atoms with E-state index >= 15 is 0 Å². The van der Waals surface area contributed by atoms with E-state index < -0.39 is 0 Å². The van der Waals surface area contributed by atoms with E-state index in [2.05, 4.69) is 60.0 Å². The smallest absolute Gasteiger partial charge is 0.253 e. The molecule has 0 radical (unpaired) electrons. The number of likely N-dealkylation sites (N-methyl/N-ethyl adjacent to an activating group) is 1. The van der Waals surface area contributed by atoms with Crippen molar-refractivity contribution in [2.45, 2.75) is 53.0 Å². The van der Waals surface area contributed by atoms with Crippen molar-refractivity contribution >= 4 is 17.3 Å². The first kappa shape index (κ1) is 28.5. The maximum Gasteiger partial charge on any atom is 0.253 e. The predicted molar refractivity (Wildman–Crippen MR) is 160 cm³/mol. The molecule has 0 spiro atoms. The average Bonchev–Trinajstić information content (AvgIpc) is 2.98. The second kappa shape index (κ2) is 13.5. The second-order valence-electron chi connectivity index (χ2n) is 9.94. The van der Waals surface area contributed by atoms with Crippen LogP contribution in [0.5, 0.6) is 17.2 Å². The van der Waals surface area contributed by atoms with Crippen LogP contribution in [0.4, 0.5) is 11.4 Å². The van der Waals surface area contributed by atoms with Crippen LogP contribution in [-0.4, -0.2) is 61.6 Å². The molecule has 0 saturated carbocycles. The largest absolute Gasteiger partial charge is 0.493 e. The first-order valence-electron chi connectivity index (χ1n) is 14.4. The van der Waals surface area contributed by atoms with Gasteiger partial charge in [-0.1, -0.05) is 50.2 Å². The number of rotatable bonds is 13. The molecular formula is C33H43N3O3. The first-order chi connectivity index (χ1) is 19.0. The Balaban J connectivity index is 1.59. The van der Waals surface area contributed by atoms with Gasteiger partial charge in [-0.05, 0) is 75.5 Å². The summed E-state index contributed by atoms with van der Waals surface area (Å²) in [5, 5.41) is 0. The van der Waals surface area contributed by atoms with Crippen molar-refractivity contribution in [1.82, 2.24) is 9.80 Å². The van der Waals surface area contributed by atoms with E-state index in [1.807, 2.05) is 49.1 Å². The Kier molecular flexibility index (Phi) is 9.88. The fourth-order valence-electron chi connectivity index (χ4n) is 5.55. The summed E-state index contributed by atoms with van der Waals surface area (Å²) in [4.78, 5) is 19.9. The minimum absolute atomic E-state index is 0.0202. The van der Waals surface area contributed by atoms with Crippen molar-refractivity contribution in [1.29, 1.82) is 0 Å². The van der Waals surface area contributed by atoms with Crippen LogP contribution in [0.2, 0.25) is 0 Å². The molecule has 0 fully saturated rings. The molecule has 6 nitrogen and oxygen atoms in total. The lowest BCUT2D eigenvalue weighted by Gasteiger charge is -2.36. The fraction of sp³-hybridized carbons (Fsp3) is 0.424. The van der Waals surface area contributed by atoms with Gasteiger partial charge >= 0.3 is 0 Å². The number of hydrogen-bond donors (Lipinski definition) is 0. The standard InChI is InChI=1S/C33H43N3O3/c1-6-27(35(9-4)22-20-25-14-11-10-12-15-25)21-23-36-28-19-18-26(33(37)34(7-2)8-3)24-31(28)39-32-29(36)16-13-17-30(32)38-5/h10-19,24,27H,6-9,20-23H2,1-5H3. The van der Waals surface area contributed by atoms with Gasteiger partial charge in [0, 0.05) is 37.8 Å². The van der Waals surface area contributed by atoms with Gasteiger partial charge < -0.3 is 24.2 Å². The van der Waals surface area contributed by atoms with Crippen LogP contribution in [-0.2, 0) is 6.42 Å². The molecule has 6 heteroatoms. The van der Waals surface area contributed by atoms with Crippen LogP contribution in [0.1, 0.15) is 56.5 Å². The molecule has 1 heterocycles. The van der Waals surface area contributed by atoms with E-state index in [0.29, 0.717) is 41.9 Å². The summed E-state index contributed by atoms with van der Waals surface area (Å²) in [7, 11) is 1.66. The maximum absolute atomic E-state index is 13.1. The lowest BCUT2D eigenvalue weighted by molar-refractivity contribution is 0.0772. The highest BCUT2D eigenvalue weighted by Crippen LogP contribution is 2.51. The van der Waals surface area contributed by atoms with Gasteiger partial charge in [0.05, 0.1) is 18.5 Å². The molecule has 1 aliphatic rings. The van der Waals surface area contributed by atoms with Crippen molar-refractivity contribution in [2.75, 3.05) is 44.7 Å². The maximum atomic E-state index is 13.1. The minimum Gasteiger partial charge on any atom is -0.493 e. The Labute approximate surface area is 234 Å². The zero-order chi connectivity index (χ0) is 27.8. The third kappa shape index (κ3) is 6.39. The molecule has 1 atom stereocenters. The highest BCUT2D eigenvalue weighted by atomic mass is 16.5. The number of para-hydroxylation sites is 1. The van der Waals surface area contributed by atoms with Crippen LogP contribution in [0, 0.1) is 0 Å². The fourth-order valence-corrected chi connectivity index (χ4v) is 5.55. The summed E-state index contributed by atoms with van der Waals surface area (Å²) in [6, 6.07) is 23.0. The molecule has 0 aromatic heterocycles. The number of nitrogens with zero attached hydrogens (tertiary/aromatic N) is 3. The van der Waals surface area contributed by atoms with Crippen LogP contribution < -0.4 is 14.4 Å². The molecule has 1 amide bonds. The van der Waals surface area contributed by atoms with E-state index in [1.54, 1.807) is 7.11 Å². The number of fused-ring (bicyclic) bond motifs is 2. The molecule has 0 N–H and O–H groups in total. The van der Waals surface area contributed by atoms with Crippen LogP contribution >= 0.6 is 0 Å². The number of ether oxygens (including phenoxy) is 2. The van der Waals surface area contributed by atoms with Crippen molar-refractivity contribution < 1.29 is 14.3 Å². The van der Waals surface area contributed by atoms with Gasteiger partial charge in [-0.3, -0.25) is 4.79 Å². The Morgan fingerprint density at radius 3 is 2.36 bits per heavy atom. The summed E-state index contributed by atoms with van der Waals surface area (Å²) in [5.74, 6) is 2.10. The molecule has 208 valence electrons. The first-order valence-corrected chi connectivity index (χ1v) is 14.4. The highest BCUT2D eigenvalue weighted by molar-refractivity contribution is 5.96. The number of carbonyl (C=O) groups excluding carboxylic acids is 1. The second-order valence-corrected chi connectivity index (χ2v) is 9.94. The zero-order valence-electron chi connectivity index (χ0n) is 24.2. The molecule has 0 saturated heterocycles. The molecule has 4 rings (SSSR count). The molecule has 3 aromatic rings. The van der Waals surface area contributed by atoms with Crippen LogP contribution in [0.15, 0.2) is 66.7 Å². The molecule has 3 aromatic carbocycles. The quantitative estimate of drug-likeness (QED) is 0.235. The van der Waals surface area contributed by atoms with Crippen molar-refractivity contribution in [3.63, 3.8) is 0 Å². The Bertz CT molecular complexity index is 1230. The van der Waals surface area contributed by atoms with E-state index in [0.717, 1.165) is 50.3 Å². The van der Waals surface area contributed by atoms with Crippen molar-refractivity contribution in [3.05, 3.63) is 77.9 Å². The molecule has 1 unspecified atom stereocenters. The molecular weight excluding hydrogens is 486 g/mol. The van der Waals surface area contributed by atoms with Gasteiger partial charge in [0.2, 0.25) is 0 Å². The van der Waals surface area contributed by atoms with Gasteiger partial charge in [-0.2, -0.15) is 0 Å². The summed E-state index contributed by atoms with van der Waals surface area (Å²) in [6.45, 7) is 12.8. The number of anilines is 2. The van der Waals surface area contributed by atoms with Crippen LogP contribution in [0.3, 0.4) is 0 Å². The topological polar surface area (TPSA) is 45.3 Å². The van der Waals surface area contributed by atoms with Gasteiger partial charge in [0.15, 0.2) is 17.2 Å². The van der Waals surface area contributed by atoms with E-state index in [-0.39, 0.29) is 5.91 Å². The Hall–Kier alpha value is -3.51. The monoisotopic (exact) mass is 529 g/mol. The van der Waals surface area contributed by atoms with Crippen molar-refractivity contribution in [3.8, 4) is 17.2 Å². The summed E-state index contributed by atoms with van der Waals surface area (Å²) in [6.07, 6.45) is 3.15. The summed E-state index contributed by atoms with van der Waals surface area (Å²) >= 11 is 0. The lowest BCUT2D eigenvalue weighted by atomic mass is 10.0. The molecule has 0 bridgehead atoms. The normalized spacial score (nSPS) is 12.9. The van der Waals surface area contributed by atoms with Gasteiger partial charge in [0.25, 0.3) is 5.91 Å². The summed E-state index contributed by atoms with van der Waals surface area (Å²) < 4.78 is 12.1. The lowest BCUT2D eigenvalue weighted by Crippen LogP contribution is -2.39. The number of benzene rings is 3. The van der Waals surface area contributed by atoms with E-state index in [1.165, 1.54) is 5.56 Å². The third-order valence-electron chi connectivity index (χ3n) is 7.84. The Morgan fingerprint density at radius 1 is 0.923 bits per heavy atom. The average molecular weight is 530 g/mol. The molecule has 0 aliphatic carbocycles. The van der Waals surface area contributed by atoms with E-state index in [9.17, 15) is 4.79 Å². The Morgan fingerprint density at radius 2 is 1.69 bits per heavy atom. The summed E-state index contributed by atoms with van der Waals surface area (Å²) in [5.41, 5.74) is 3.99. The van der Waals surface area contributed by atoms with E-state index in [4.69, 9.17) is 9.47 Å². The molecule has 1 aliphatic heterocycles. The third-order valence-corrected chi connectivity index (χ3v) is 7.84. The van der Waals surface area contributed by atoms with Crippen molar-refractivity contribution in [2.24, 2.45) is 0 Å². The number of carbonyl (C=O) groups is 1. The number of amides is 1. The zero-order valence-corrected chi connectivity index (χ0v) is 24.2. The van der Waals surface area contributed by atoms with Gasteiger partial charge in [0.1, 0.15) is 0 Å². The minimum atomic E-state index is 0.0202.